The highest BCUT2D eigenvalue weighted by Gasteiger charge is 2.18. The normalized spacial score (nSPS) is 15.2. The summed E-state index contributed by atoms with van der Waals surface area (Å²) in [4.78, 5) is 4.74. The topological polar surface area (TPSA) is 62.1 Å². The maximum Gasteiger partial charge on any atom is 0.204 e. The maximum atomic E-state index is 13.1. The molecule has 1 unspecified atom stereocenters. The van der Waals surface area contributed by atoms with Crippen molar-refractivity contribution in [2.75, 3.05) is 25.0 Å². The van der Waals surface area contributed by atoms with Crippen LogP contribution < -0.4 is 10.6 Å². The van der Waals surface area contributed by atoms with Gasteiger partial charge in [-0.2, -0.15) is 0 Å². The molecule has 3 aromatic rings. The summed E-state index contributed by atoms with van der Waals surface area (Å²) in [6.07, 6.45) is 1.10. The number of aromatic nitrogens is 2. The van der Waals surface area contributed by atoms with E-state index in [-0.39, 0.29) is 37.2 Å². The Balaban J connectivity index is 0.000000739. The molecule has 1 aliphatic rings. The van der Waals surface area contributed by atoms with Crippen molar-refractivity contribution >= 4 is 41.8 Å². The zero-order chi connectivity index (χ0) is 18.4. The summed E-state index contributed by atoms with van der Waals surface area (Å²) in [5, 5.41) is 14.5. The molecule has 0 aliphatic carbocycles. The number of hydrogen-bond donors (Lipinski definition) is 3. The van der Waals surface area contributed by atoms with Gasteiger partial charge in [-0.05, 0) is 49.7 Å². The number of benzene rings is 2. The maximum absolute atomic E-state index is 13.1. The third kappa shape index (κ3) is 6.07. The number of imidazole rings is 1. The molecule has 0 bridgehead atoms. The van der Waals surface area contributed by atoms with Crippen LogP contribution in [0.1, 0.15) is 18.9 Å². The Morgan fingerprint density at radius 3 is 2.50 bits per heavy atom. The van der Waals surface area contributed by atoms with Crippen LogP contribution in [-0.4, -0.2) is 40.4 Å². The lowest BCUT2D eigenvalue weighted by Crippen LogP contribution is -2.24. The first kappa shape index (κ1) is 24.2. The first-order valence-corrected chi connectivity index (χ1v) is 8.99. The standard InChI is InChI=1S/C18H19FN4.C2H6O.2ClH/c19-14-7-5-13(6-8-14)12-23-17-4-2-1-3-16(17)22-18(23)21-15-9-10-20-11-15;1-2-3;;/h1-8,15,20H,9-12H2,(H,21,22);3H,2H2,1H3;2*1H. The van der Waals surface area contributed by atoms with Crippen LogP contribution >= 0.6 is 24.8 Å². The Bertz CT molecular complexity index is 836. The minimum atomic E-state index is -0.209. The number of fused-ring (bicyclic) bond motifs is 1. The molecule has 2 heterocycles. The Morgan fingerprint density at radius 1 is 1.18 bits per heavy atom. The van der Waals surface area contributed by atoms with Crippen LogP contribution in [0.15, 0.2) is 48.5 Å². The number of hydrogen-bond acceptors (Lipinski definition) is 4. The van der Waals surface area contributed by atoms with Crippen LogP contribution in [0.2, 0.25) is 0 Å². The Labute approximate surface area is 177 Å². The number of rotatable bonds is 4. The van der Waals surface area contributed by atoms with Crippen molar-refractivity contribution in [2.24, 2.45) is 0 Å². The largest absolute Gasteiger partial charge is 0.397 e. The van der Waals surface area contributed by atoms with Gasteiger partial charge in [0.25, 0.3) is 0 Å². The predicted molar refractivity (Wildman–Crippen MR) is 117 cm³/mol. The number of nitrogens with zero attached hydrogens (tertiary/aromatic N) is 2. The molecule has 1 saturated heterocycles. The molecule has 5 nitrogen and oxygen atoms in total. The Hall–Kier alpha value is -1.86. The molecule has 4 rings (SSSR count). The summed E-state index contributed by atoms with van der Waals surface area (Å²) >= 11 is 0. The molecule has 154 valence electrons. The summed E-state index contributed by atoms with van der Waals surface area (Å²) in [6.45, 7) is 4.60. The minimum Gasteiger partial charge on any atom is -0.397 e. The molecule has 1 fully saturated rings. The zero-order valence-electron chi connectivity index (χ0n) is 15.8. The highest BCUT2D eigenvalue weighted by atomic mass is 35.5. The fourth-order valence-corrected chi connectivity index (χ4v) is 3.08. The van der Waals surface area contributed by atoms with Gasteiger partial charge >= 0.3 is 0 Å². The van der Waals surface area contributed by atoms with E-state index >= 15 is 0 Å². The van der Waals surface area contributed by atoms with Gasteiger partial charge in [-0.25, -0.2) is 9.37 Å². The van der Waals surface area contributed by atoms with Crippen LogP contribution in [0.4, 0.5) is 10.3 Å². The van der Waals surface area contributed by atoms with Gasteiger partial charge in [0.1, 0.15) is 5.82 Å². The molecular weight excluding hydrogens is 402 g/mol. The van der Waals surface area contributed by atoms with E-state index < -0.39 is 0 Å². The van der Waals surface area contributed by atoms with E-state index in [0.717, 1.165) is 42.1 Å². The van der Waals surface area contributed by atoms with Gasteiger partial charge in [0, 0.05) is 19.2 Å². The quantitative estimate of drug-likeness (QED) is 0.590. The molecule has 1 atom stereocenters. The number of halogens is 3. The Morgan fingerprint density at radius 2 is 1.86 bits per heavy atom. The van der Waals surface area contributed by atoms with Gasteiger partial charge in [-0.15, -0.1) is 24.8 Å². The first-order valence-electron chi connectivity index (χ1n) is 8.99. The van der Waals surface area contributed by atoms with Crippen molar-refractivity contribution in [2.45, 2.75) is 25.9 Å². The lowest BCUT2D eigenvalue weighted by atomic mass is 10.2. The van der Waals surface area contributed by atoms with Crippen LogP contribution in [0, 0.1) is 5.82 Å². The highest BCUT2D eigenvalue weighted by Crippen LogP contribution is 2.22. The Kier molecular flexibility index (Phi) is 10.2. The summed E-state index contributed by atoms with van der Waals surface area (Å²) in [5.41, 5.74) is 3.12. The number of aliphatic hydroxyl groups is 1. The molecule has 1 aliphatic heterocycles. The van der Waals surface area contributed by atoms with Gasteiger partial charge in [-0.3, -0.25) is 0 Å². The first-order chi connectivity index (χ1) is 12.7. The van der Waals surface area contributed by atoms with Gasteiger partial charge in [0.2, 0.25) is 5.95 Å². The molecule has 28 heavy (non-hydrogen) atoms. The van der Waals surface area contributed by atoms with Gasteiger partial charge in [-0.1, -0.05) is 24.3 Å². The van der Waals surface area contributed by atoms with Crippen LogP contribution in [-0.2, 0) is 6.54 Å². The van der Waals surface area contributed by atoms with Crippen molar-refractivity contribution in [3.05, 3.63) is 59.9 Å². The lowest BCUT2D eigenvalue weighted by Gasteiger charge is -2.15. The lowest BCUT2D eigenvalue weighted by molar-refractivity contribution is 0.318. The highest BCUT2D eigenvalue weighted by molar-refractivity contribution is 5.85. The second kappa shape index (κ2) is 11.9. The average Bonchev–Trinajstić information content (AvgIpc) is 3.27. The smallest absolute Gasteiger partial charge is 0.204 e. The SMILES string of the molecule is CCO.Cl.Cl.Fc1ccc(Cn2c(NC3CCNC3)nc3ccccc32)cc1. The molecule has 0 radical (unpaired) electrons. The van der Waals surface area contributed by atoms with E-state index in [1.54, 1.807) is 6.92 Å². The van der Waals surface area contributed by atoms with Crippen LogP contribution in [0.25, 0.3) is 11.0 Å². The number of aliphatic hydroxyl groups excluding tert-OH is 1. The number of para-hydroxylation sites is 2. The molecule has 8 heteroatoms. The van der Waals surface area contributed by atoms with E-state index in [2.05, 4.69) is 21.3 Å². The third-order valence-electron chi connectivity index (χ3n) is 4.30. The van der Waals surface area contributed by atoms with Crippen LogP contribution in [0.5, 0.6) is 0 Å². The molecule has 0 saturated carbocycles. The summed E-state index contributed by atoms with van der Waals surface area (Å²) < 4.78 is 15.3. The number of anilines is 1. The summed E-state index contributed by atoms with van der Waals surface area (Å²) in [7, 11) is 0. The third-order valence-corrected chi connectivity index (χ3v) is 4.30. The fourth-order valence-electron chi connectivity index (χ4n) is 3.08. The van der Waals surface area contributed by atoms with E-state index in [9.17, 15) is 4.39 Å². The average molecular weight is 429 g/mol. The van der Waals surface area contributed by atoms with Crippen molar-refractivity contribution in [3.8, 4) is 0 Å². The molecule has 1 aromatic heterocycles. The van der Waals surface area contributed by atoms with Crippen LogP contribution in [0.3, 0.4) is 0 Å². The van der Waals surface area contributed by atoms with Crippen molar-refractivity contribution in [1.29, 1.82) is 0 Å². The van der Waals surface area contributed by atoms with Crippen molar-refractivity contribution in [3.63, 3.8) is 0 Å². The summed E-state index contributed by atoms with van der Waals surface area (Å²) in [6, 6.07) is 15.2. The van der Waals surface area contributed by atoms with Crippen molar-refractivity contribution in [1.82, 2.24) is 14.9 Å². The van der Waals surface area contributed by atoms with Gasteiger partial charge in [0.15, 0.2) is 0 Å². The van der Waals surface area contributed by atoms with E-state index in [4.69, 9.17) is 10.1 Å². The second-order valence-corrected chi connectivity index (χ2v) is 6.29. The zero-order valence-corrected chi connectivity index (χ0v) is 17.4. The molecule has 0 spiro atoms. The van der Waals surface area contributed by atoms with Crippen molar-refractivity contribution < 1.29 is 9.50 Å². The second-order valence-electron chi connectivity index (χ2n) is 6.29. The molecule has 2 aromatic carbocycles. The predicted octanol–water partition coefficient (Wildman–Crippen LogP) is 3.84. The van der Waals surface area contributed by atoms with E-state index in [1.807, 2.05) is 30.3 Å². The molecular formula is C20H27Cl2FN4O. The monoisotopic (exact) mass is 428 g/mol. The van der Waals surface area contributed by atoms with E-state index in [1.165, 1.54) is 12.1 Å². The summed E-state index contributed by atoms with van der Waals surface area (Å²) in [5.74, 6) is 0.670. The molecule has 0 amide bonds. The minimum absolute atomic E-state index is 0. The van der Waals surface area contributed by atoms with Gasteiger partial charge in [0.05, 0.1) is 17.6 Å². The fraction of sp³-hybridized carbons (Fsp3) is 0.350. The van der Waals surface area contributed by atoms with Gasteiger partial charge < -0.3 is 20.3 Å². The molecule has 3 N–H and O–H groups in total. The number of nitrogens with one attached hydrogen (secondary N) is 2. The van der Waals surface area contributed by atoms with E-state index in [0.29, 0.717) is 12.6 Å².